The van der Waals surface area contributed by atoms with Crippen LogP contribution in [-0.4, -0.2) is 25.2 Å². The van der Waals surface area contributed by atoms with E-state index in [0.717, 1.165) is 0 Å². The molecule has 0 fully saturated rings. The van der Waals surface area contributed by atoms with Crippen LogP contribution in [0.4, 0.5) is 0 Å². The number of amides is 1. The number of hydrogen-bond acceptors (Lipinski definition) is 5. The second kappa shape index (κ2) is 7.33. The highest BCUT2D eigenvalue weighted by Gasteiger charge is 2.30. The van der Waals surface area contributed by atoms with Gasteiger partial charge in [0, 0.05) is 6.07 Å². The maximum Gasteiger partial charge on any atom is 0.259 e. The van der Waals surface area contributed by atoms with E-state index in [1.807, 2.05) is 19.9 Å². The summed E-state index contributed by atoms with van der Waals surface area (Å²) in [5.74, 6) is 0.300. The first kappa shape index (κ1) is 17.3. The lowest BCUT2D eigenvalue weighted by Gasteiger charge is -2.27. The summed E-state index contributed by atoms with van der Waals surface area (Å²) < 4.78 is 10.5. The Morgan fingerprint density at radius 1 is 1.36 bits per heavy atom. The van der Waals surface area contributed by atoms with Crippen molar-refractivity contribution in [3.63, 3.8) is 0 Å². The SMILES string of the molecule is COc1cc(C#N)ccc1OCC(=O)NC(C)(C#N)C(C)C. The molecule has 0 aliphatic rings. The van der Waals surface area contributed by atoms with E-state index in [4.69, 9.17) is 14.7 Å². The van der Waals surface area contributed by atoms with Crippen LogP contribution in [-0.2, 0) is 4.79 Å². The minimum Gasteiger partial charge on any atom is -0.493 e. The molecule has 0 heterocycles. The average Bonchev–Trinajstić information content (AvgIpc) is 2.52. The predicted octanol–water partition coefficient (Wildman–Crippen LogP) is 2.00. The fourth-order valence-electron chi connectivity index (χ4n) is 1.63. The minimum absolute atomic E-state index is 0.0362. The Hall–Kier alpha value is -2.73. The van der Waals surface area contributed by atoms with Crippen molar-refractivity contribution in [2.24, 2.45) is 5.92 Å². The first-order chi connectivity index (χ1) is 10.4. The van der Waals surface area contributed by atoms with Gasteiger partial charge in [-0.15, -0.1) is 0 Å². The van der Waals surface area contributed by atoms with Gasteiger partial charge in [-0.3, -0.25) is 4.79 Å². The second-order valence-corrected chi connectivity index (χ2v) is 5.28. The van der Waals surface area contributed by atoms with Crippen LogP contribution in [0.1, 0.15) is 26.3 Å². The van der Waals surface area contributed by atoms with E-state index < -0.39 is 11.4 Å². The molecule has 1 atom stereocenters. The molecule has 1 unspecified atom stereocenters. The predicted molar refractivity (Wildman–Crippen MR) is 80.2 cm³/mol. The maximum atomic E-state index is 11.9. The van der Waals surface area contributed by atoms with Gasteiger partial charge in [-0.1, -0.05) is 13.8 Å². The molecule has 1 aromatic rings. The van der Waals surface area contributed by atoms with E-state index in [1.165, 1.54) is 13.2 Å². The molecule has 116 valence electrons. The van der Waals surface area contributed by atoms with Crippen molar-refractivity contribution >= 4 is 5.91 Å². The van der Waals surface area contributed by atoms with E-state index in [2.05, 4.69) is 11.4 Å². The number of nitrogens with one attached hydrogen (secondary N) is 1. The van der Waals surface area contributed by atoms with Crippen LogP contribution in [0.2, 0.25) is 0 Å². The number of hydrogen-bond donors (Lipinski definition) is 1. The van der Waals surface area contributed by atoms with Gasteiger partial charge in [0.15, 0.2) is 18.1 Å². The zero-order valence-corrected chi connectivity index (χ0v) is 13.1. The third-order valence-electron chi connectivity index (χ3n) is 3.44. The Labute approximate surface area is 130 Å². The number of ether oxygens (including phenoxy) is 2. The normalized spacial score (nSPS) is 12.7. The van der Waals surface area contributed by atoms with E-state index in [-0.39, 0.29) is 12.5 Å². The molecule has 0 aliphatic carbocycles. The van der Waals surface area contributed by atoms with Crippen LogP contribution >= 0.6 is 0 Å². The van der Waals surface area contributed by atoms with Gasteiger partial charge >= 0.3 is 0 Å². The molecule has 0 bridgehead atoms. The fourth-order valence-corrected chi connectivity index (χ4v) is 1.63. The van der Waals surface area contributed by atoms with Gasteiger partial charge in [-0.2, -0.15) is 10.5 Å². The van der Waals surface area contributed by atoms with Crippen LogP contribution in [0.5, 0.6) is 11.5 Å². The third-order valence-corrected chi connectivity index (χ3v) is 3.44. The highest BCUT2D eigenvalue weighted by Crippen LogP contribution is 2.27. The molecular weight excluding hydrogens is 282 g/mol. The van der Waals surface area contributed by atoms with Gasteiger partial charge in [0.25, 0.3) is 5.91 Å². The van der Waals surface area contributed by atoms with E-state index in [1.54, 1.807) is 19.1 Å². The van der Waals surface area contributed by atoms with E-state index in [0.29, 0.717) is 17.1 Å². The maximum absolute atomic E-state index is 11.9. The average molecular weight is 301 g/mol. The van der Waals surface area contributed by atoms with Crippen molar-refractivity contribution < 1.29 is 14.3 Å². The van der Waals surface area contributed by atoms with Crippen molar-refractivity contribution in [1.82, 2.24) is 5.32 Å². The Morgan fingerprint density at radius 2 is 2.05 bits per heavy atom. The smallest absolute Gasteiger partial charge is 0.259 e. The summed E-state index contributed by atoms with van der Waals surface area (Å²) >= 11 is 0. The van der Waals surface area contributed by atoms with Gasteiger partial charge in [0.05, 0.1) is 24.8 Å². The summed E-state index contributed by atoms with van der Waals surface area (Å²) in [6.07, 6.45) is 0. The van der Waals surface area contributed by atoms with E-state index in [9.17, 15) is 10.1 Å². The number of benzene rings is 1. The molecule has 0 saturated carbocycles. The zero-order chi connectivity index (χ0) is 16.8. The largest absolute Gasteiger partial charge is 0.493 e. The molecule has 1 rings (SSSR count). The summed E-state index contributed by atoms with van der Waals surface area (Å²) in [5.41, 5.74) is -0.514. The molecule has 0 radical (unpaired) electrons. The van der Waals surface area contributed by atoms with Crippen LogP contribution in [0.3, 0.4) is 0 Å². The van der Waals surface area contributed by atoms with Crippen molar-refractivity contribution in [2.45, 2.75) is 26.3 Å². The van der Waals surface area contributed by atoms with Crippen molar-refractivity contribution in [2.75, 3.05) is 13.7 Å². The summed E-state index contributed by atoms with van der Waals surface area (Å²) in [5, 5.41) is 20.7. The molecule has 1 amide bonds. The standard InChI is InChI=1S/C16H19N3O3/c1-11(2)16(3,10-18)19-15(20)9-22-13-6-5-12(8-17)7-14(13)21-4/h5-7,11H,9H2,1-4H3,(H,19,20). The monoisotopic (exact) mass is 301 g/mol. The highest BCUT2D eigenvalue weighted by atomic mass is 16.5. The lowest BCUT2D eigenvalue weighted by molar-refractivity contribution is -0.124. The Bertz CT molecular complexity index is 629. The van der Waals surface area contributed by atoms with Crippen LogP contribution in [0.15, 0.2) is 18.2 Å². The molecule has 0 saturated heterocycles. The highest BCUT2D eigenvalue weighted by molar-refractivity contribution is 5.79. The number of nitriles is 2. The van der Waals surface area contributed by atoms with Crippen molar-refractivity contribution in [3.8, 4) is 23.6 Å². The molecule has 1 aromatic carbocycles. The van der Waals surface area contributed by atoms with Crippen LogP contribution in [0.25, 0.3) is 0 Å². The van der Waals surface area contributed by atoms with Gasteiger partial charge in [-0.05, 0) is 25.0 Å². The Balaban J connectivity index is 2.73. The summed E-state index contributed by atoms with van der Waals surface area (Å²) in [4.78, 5) is 11.9. The van der Waals surface area contributed by atoms with Crippen molar-refractivity contribution in [3.05, 3.63) is 23.8 Å². The van der Waals surface area contributed by atoms with Crippen molar-refractivity contribution in [1.29, 1.82) is 10.5 Å². The Morgan fingerprint density at radius 3 is 2.55 bits per heavy atom. The number of methoxy groups -OCH3 is 1. The lowest BCUT2D eigenvalue weighted by Crippen LogP contribution is -2.50. The number of nitrogens with zero attached hydrogens (tertiary/aromatic N) is 2. The molecule has 6 heteroatoms. The Kier molecular flexibility index (Phi) is 5.77. The summed E-state index contributed by atoms with van der Waals surface area (Å²) in [6, 6.07) is 8.76. The van der Waals surface area contributed by atoms with Gasteiger partial charge in [0.1, 0.15) is 5.54 Å². The molecule has 0 aromatic heterocycles. The minimum atomic E-state index is -0.949. The van der Waals surface area contributed by atoms with Gasteiger partial charge in [0.2, 0.25) is 0 Å². The van der Waals surface area contributed by atoms with Gasteiger partial charge in [-0.25, -0.2) is 0 Å². The number of carbonyl (C=O) groups is 1. The van der Waals surface area contributed by atoms with Crippen LogP contribution in [0, 0.1) is 28.6 Å². The molecule has 6 nitrogen and oxygen atoms in total. The van der Waals surface area contributed by atoms with Crippen LogP contribution < -0.4 is 14.8 Å². The lowest BCUT2D eigenvalue weighted by atomic mass is 9.90. The quantitative estimate of drug-likeness (QED) is 0.867. The van der Waals surface area contributed by atoms with Gasteiger partial charge < -0.3 is 14.8 Å². The number of carbonyl (C=O) groups excluding carboxylic acids is 1. The summed E-state index contributed by atoms with van der Waals surface area (Å²) in [6.45, 7) is 5.13. The molecule has 22 heavy (non-hydrogen) atoms. The first-order valence-corrected chi connectivity index (χ1v) is 6.79. The first-order valence-electron chi connectivity index (χ1n) is 6.79. The molecule has 1 N–H and O–H groups in total. The fraction of sp³-hybridized carbons (Fsp3) is 0.438. The molecular formula is C16H19N3O3. The summed E-state index contributed by atoms with van der Waals surface area (Å²) in [7, 11) is 1.45. The third kappa shape index (κ3) is 4.13. The molecule has 0 aliphatic heterocycles. The van der Waals surface area contributed by atoms with E-state index >= 15 is 0 Å². The topological polar surface area (TPSA) is 95.1 Å². The number of rotatable bonds is 6. The zero-order valence-electron chi connectivity index (χ0n) is 13.1. The molecule has 0 spiro atoms. The second-order valence-electron chi connectivity index (χ2n) is 5.28.